The number of primary amides is 1. The Kier molecular flexibility index (Phi) is 3.09. The average Bonchev–Trinajstić information content (AvgIpc) is 2.63. The number of rotatable bonds is 2. The number of carbonyl (C=O) groups excluding carboxylic acids is 1. The zero-order chi connectivity index (χ0) is 13.1. The normalized spacial score (nSPS) is 10.9. The minimum atomic E-state index is -0.832. The molecule has 6 heteroatoms. The summed E-state index contributed by atoms with van der Waals surface area (Å²) >= 11 is 0. The Bertz CT molecular complexity index is 652. The molecule has 0 atom stereocenters. The average molecular weight is 244 g/mol. The van der Waals surface area contributed by atoms with Crippen LogP contribution in [0.15, 0.2) is 40.1 Å². The second-order valence-corrected chi connectivity index (χ2v) is 3.72. The molecule has 0 aliphatic carbocycles. The van der Waals surface area contributed by atoms with Crippen LogP contribution in [0, 0.1) is 6.92 Å². The van der Waals surface area contributed by atoms with Crippen molar-refractivity contribution >= 4 is 12.2 Å². The van der Waals surface area contributed by atoms with Gasteiger partial charge in [0.1, 0.15) is 0 Å². The number of benzene rings is 1. The molecule has 0 saturated heterocycles. The maximum absolute atomic E-state index is 12.1. The summed E-state index contributed by atoms with van der Waals surface area (Å²) < 4.78 is 1.39. The first kappa shape index (κ1) is 11.8. The fraction of sp³-hybridized carbons (Fsp3) is 0.0833. The van der Waals surface area contributed by atoms with E-state index in [1.54, 1.807) is 19.1 Å². The van der Waals surface area contributed by atoms with Crippen molar-refractivity contribution in [1.82, 2.24) is 9.78 Å². The predicted molar refractivity (Wildman–Crippen MR) is 68.3 cm³/mol. The molecule has 0 bridgehead atoms. The van der Waals surface area contributed by atoms with Crippen LogP contribution in [-0.2, 0) is 0 Å². The smallest absolute Gasteiger partial charge is 0.338 e. The monoisotopic (exact) mass is 244 g/mol. The fourth-order valence-corrected chi connectivity index (χ4v) is 1.60. The third-order valence-corrected chi connectivity index (χ3v) is 2.45. The lowest BCUT2D eigenvalue weighted by atomic mass is 10.3. The zero-order valence-electron chi connectivity index (χ0n) is 9.75. The summed E-state index contributed by atoms with van der Waals surface area (Å²) in [7, 11) is 0. The van der Waals surface area contributed by atoms with Crippen molar-refractivity contribution in [1.29, 1.82) is 0 Å². The summed E-state index contributed by atoms with van der Waals surface area (Å²) in [4.78, 5) is 26.1. The van der Waals surface area contributed by atoms with Crippen LogP contribution < -0.4 is 11.3 Å². The molecule has 2 amide bonds. The summed E-state index contributed by atoms with van der Waals surface area (Å²) in [5.41, 5.74) is 6.28. The van der Waals surface area contributed by atoms with Gasteiger partial charge in [-0.05, 0) is 19.1 Å². The molecule has 0 aliphatic rings. The zero-order valence-corrected chi connectivity index (χ0v) is 9.75. The van der Waals surface area contributed by atoms with E-state index in [1.165, 1.54) is 10.9 Å². The van der Waals surface area contributed by atoms with Crippen molar-refractivity contribution in [2.24, 2.45) is 10.7 Å². The van der Waals surface area contributed by atoms with Crippen LogP contribution in [0.4, 0.5) is 4.79 Å². The third-order valence-electron chi connectivity index (χ3n) is 2.45. The Balaban J connectivity index is 2.51. The van der Waals surface area contributed by atoms with E-state index >= 15 is 0 Å². The molecular weight excluding hydrogens is 232 g/mol. The maximum atomic E-state index is 12.1. The second kappa shape index (κ2) is 4.70. The number of amides is 2. The van der Waals surface area contributed by atoms with Crippen LogP contribution in [0.1, 0.15) is 11.3 Å². The van der Waals surface area contributed by atoms with E-state index in [1.807, 2.05) is 18.2 Å². The van der Waals surface area contributed by atoms with E-state index in [0.717, 1.165) is 0 Å². The molecule has 1 heterocycles. The number of aromatic nitrogens is 2. The van der Waals surface area contributed by atoms with Gasteiger partial charge in [-0.1, -0.05) is 18.2 Å². The van der Waals surface area contributed by atoms with Gasteiger partial charge in [-0.15, -0.1) is 0 Å². The number of aromatic amines is 1. The number of H-pyrrole nitrogens is 1. The van der Waals surface area contributed by atoms with Gasteiger partial charge in [0.05, 0.1) is 11.3 Å². The van der Waals surface area contributed by atoms with Crippen molar-refractivity contribution in [3.63, 3.8) is 0 Å². The molecule has 0 fully saturated rings. The predicted octanol–water partition coefficient (Wildman–Crippen LogP) is 0.972. The molecule has 2 rings (SSSR count). The van der Waals surface area contributed by atoms with Crippen molar-refractivity contribution in [3.8, 4) is 5.69 Å². The van der Waals surface area contributed by atoms with E-state index in [2.05, 4.69) is 10.1 Å². The molecule has 0 aliphatic heterocycles. The Morgan fingerprint density at radius 3 is 2.67 bits per heavy atom. The largest absolute Gasteiger partial charge is 0.350 e. The summed E-state index contributed by atoms with van der Waals surface area (Å²) in [6, 6.07) is 8.28. The third kappa shape index (κ3) is 2.22. The highest BCUT2D eigenvalue weighted by Crippen LogP contribution is 2.05. The minimum Gasteiger partial charge on any atom is -0.350 e. The molecule has 6 nitrogen and oxygen atoms in total. The van der Waals surface area contributed by atoms with E-state index in [4.69, 9.17) is 5.73 Å². The van der Waals surface area contributed by atoms with Gasteiger partial charge in [0, 0.05) is 11.9 Å². The minimum absolute atomic E-state index is 0.274. The van der Waals surface area contributed by atoms with Gasteiger partial charge in [-0.3, -0.25) is 9.89 Å². The van der Waals surface area contributed by atoms with E-state index in [9.17, 15) is 9.59 Å². The molecule has 0 unspecified atom stereocenters. The molecule has 3 N–H and O–H groups in total. The number of nitrogens with two attached hydrogens (primary N) is 1. The van der Waals surface area contributed by atoms with Crippen molar-refractivity contribution in [3.05, 3.63) is 51.9 Å². The first-order valence-electron chi connectivity index (χ1n) is 5.30. The van der Waals surface area contributed by atoms with Crippen LogP contribution in [0.3, 0.4) is 0 Å². The highest BCUT2D eigenvalue weighted by atomic mass is 16.2. The van der Waals surface area contributed by atoms with Crippen molar-refractivity contribution < 1.29 is 4.79 Å². The second-order valence-electron chi connectivity index (χ2n) is 3.72. The number of aliphatic imine (C=N–C) groups is 1. The number of hydrogen-bond acceptors (Lipinski definition) is 2. The number of carbonyl (C=O) groups is 1. The van der Waals surface area contributed by atoms with Crippen LogP contribution in [0.25, 0.3) is 5.69 Å². The Hall–Kier alpha value is -2.63. The number of aryl methyl sites for hydroxylation is 1. The van der Waals surface area contributed by atoms with Gasteiger partial charge in [0.2, 0.25) is 0 Å². The lowest BCUT2D eigenvalue weighted by Gasteiger charge is -1.99. The first-order valence-corrected chi connectivity index (χ1v) is 5.30. The summed E-state index contributed by atoms with van der Waals surface area (Å²) in [6.07, 6.45) is 1.18. The number of hydrogen-bond donors (Lipinski definition) is 2. The molecule has 2 aromatic rings. The van der Waals surface area contributed by atoms with Gasteiger partial charge in [-0.2, -0.15) is 0 Å². The number of nitrogens with zero attached hydrogens (tertiary/aromatic N) is 2. The highest BCUT2D eigenvalue weighted by Gasteiger charge is 2.10. The molecule has 1 aromatic carbocycles. The summed E-state index contributed by atoms with van der Waals surface area (Å²) in [5, 5.41) is 2.91. The molecule has 1 aromatic heterocycles. The molecule has 0 spiro atoms. The number of para-hydroxylation sites is 1. The van der Waals surface area contributed by atoms with Crippen LogP contribution in [0.2, 0.25) is 0 Å². The van der Waals surface area contributed by atoms with Gasteiger partial charge in [0.25, 0.3) is 5.56 Å². The van der Waals surface area contributed by atoms with Gasteiger partial charge in [-0.25, -0.2) is 14.5 Å². The van der Waals surface area contributed by atoms with E-state index < -0.39 is 6.03 Å². The van der Waals surface area contributed by atoms with Crippen molar-refractivity contribution in [2.75, 3.05) is 0 Å². The molecule has 0 saturated carbocycles. The maximum Gasteiger partial charge on any atom is 0.338 e. The molecular formula is C12H12N4O2. The Morgan fingerprint density at radius 1 is 1.39 bits per heavy atom. The first-order chi connectivity index (χ1) is 8.59. The number of nitrogens with one attached hydrogen (secondary N) is 1. The molecule has 18 heavy (non-hydrogen) atoms. The summed E-state index contributed by atoms with van der Waals surface area (Å²) in [5.74, 6) is 0. The lowest BCUT2D eigenvalue weighted by molar-refractivity contribution is 0.257. The summed E-state index contributed by atoms with van der Waals surface area (Å²) in [6.45, 7) is 1.73. The topological polar surface area (TPSA) is 93.2 Å². The van der Waals surface area contributed by atoms with E-state index in [0.29, 0.717) is 16.9 Å². The van der Waals surface area contributed by atoms with Gasteiger partial charge >= 0.3 is 6.03 Å². The quantitative estimate of drug-likeness (QED) is 0.770. The SMILES string of the molecule is Cc1[nH]n(-c2ccccc2)c(=O)c1C=NC(N)=O. The van der Waals surface area contributed by atoms with Gasteiger partial charge in [0.15, 0.2) is 0 Å². The number of urea groups is 1. The molecule has 0 radical (unpaired) electrons. The Morgan fingerprint density at radius 2 is 2.06 bits per heavy atom. The fourth-order valence-electron chi connectivity index (χ4n) is 1.60. The standard InChI is InChI=1S/C12H12N4O2/c1-8-10(7-14-12(13)18)11(17)16(15-8)9-5-3-2-4-6-9/h2-7,15H,1H3,(H2,13,18). The van der Waals surface area contributed by atoms with E-state index in [-0.39, 0.29) is 5.56 Å². The van der Waals surface area contributed by atoms with Crippen molar-refractivity contribution in [2.45, 2.75) is 6.92 Å². The van der Waals surface area contributed by atoms with Crippen LogP contribution in [-0.4, -0.2) is 22.0 Å². The van der Waals surface area contributed by atoms with Crippen LogP contribution >= 0.6 is 0 Å². The lowest BCUT2D eigenvalue weighted by Crippen LogP contribution is -2.17. The highest BCUT2D eigenvalue weighted by molar-refractivity contribution is 5.90. The van der Waals surface area contributed by atoms with Gasteiger partial charge < -0.3 is 5.73 Å². The molecule has 92 valence electrons. The Labute approximate surface area is 103 Å². The van der Waals surface area contributed by atoms with Crippen LogP contribution in [0.5, 0.6) is 0 Å².